The molecular weight excluding hydrogens is 407 g/mol. The number of fused-ring (bicyclic) bond motifs is 1. The molecule has 4 rings (SSSR count). The quantitative estimate of drug-likeness (QED) is 0.478. The topological polar surface area (TPSA) is 93.4 Å². The first-order valence-corrected chi connectivity index (χ1v) is 10.8. The largest absolute Gasteiger partial charge is 0.287 e. The maximum absolute atomic E-state index is 13.2. The van der Waals surface area contributed by atoms with Crippen LogP contribution in [0.25, 0.3) is 16.9 Å². The van der Waals surface area contributed by atoms with Crippen LogP contribution in [-0.2, 0) is 10.0 Å². The van der Waals surface area contributed by atoms with Gasteiger partial charge >= 0.3 is 0 Å². The third kappa shape index (κ3) is 3.79. The van der Waals surface area contributed by atoms with Gasteiger partial charge in [0.2, 0.25) is 15.8 Å². The summed E-state index contributed by atoms with van der Waals surface area (Å²) >= 11 is 0. The molecule has 4 aromatic rings. The summed E-state index contributed by atoms with van der Waals surface area (Å²) in [4.78, 5) is 21.3. The molecule has 0 fully saturated rings. The van der Waals surface area contributed by atoms with Crippen LogP contribution in [0, 0.1) is 5.82 Å². The van der Waals surface area contributed by atoms with Crippen LogP contribution in [0.1, 0.15) is 23.0 Å². The molecule has 0 aliphatic carbocycles. The van der Waals surface area contributed by atoms with Gasteiger partial charge in [-0.15, -0.1) is 0 Å². The lowest BCUT2D eigenvalue weighted by atomic mass is 10.1. The van der Waals surface area contributed by atoms with Gasteiger partial charge in [0.1, 0.15) is 12.1 Å². The number of carbonyl (C=O) groups is 1. The van der Waals surface area contributed by atoms with E-state index in [0.29, 0.717) is 22.6 Å². The molecule has 2 aromatic carbocycles. The number of hydrogen-bond acceptors (Lipinski definition) is 5. The normalized spacial score (nSPS) is 11.5. The number of rotatable bonds is 6. The van der Waals surface area contributed by atoms with Gasteiger partial charge in [0, 0.05) is 23.0 Å². The molecule has 9 heteroatoms. The highest BCUT2D eigenvalue weighted by atomic mass is 32.2. The van der Waals surface area contributed by atoms with E-state index in [9.17, 15) is 17.6 Å². The fourth-order valence-corrected chi connectivity index (χ4v) is 3.66. The van der Waals surface area contributed by atoms with Crippen molar-refractivity contribution in [2.45, 2.75) is 6.92 Å². The van der Waals surface area contributed by atoms with Crippen LogP contribution >= 0.6 is 0 Å². The van der Waals surface area contributed by atoms with Crippen LogP contribution in [0.15, 0.2) is 67.1 Å². The van der Waals surface area contributed by atoms with Crippen molar-refractivity contribution in [3.05, 3.63) is 84.2 Å². The van der Waals surface area contributed by atoms with Crippen molar-refractivity contribution in [2.75, 3.05) is 10.5 Å². The Morgan fingerprint density at radius 2 is 1.87 bits per heavy atom. The van der Waals surface area contributed by atoms with E-state index in [0.717, 1.165) is 5.56 Å². The minimum absolute atomic E-state index is 0.0346. The Kier molecular flexibility index (Phi) is 5.04. The first-order chi connectivity index (χ1) is 14.4. The van der Waals surface area contributed by atoms with E-state index >= 15 is 0 Å². The number of hydrogen-bond donors (Lipinski definition) is 1. The Hall–Kier alpha value is -3.59. The second-order valence-electron chi connectivity index (χ2n) is 6.54. The van der Waals surface area contributed by atoms with Crippen molar-refractivity contribution >= 4 is 27.1 Å². The van der Waals surface area contributed by atoms with Gasteiger partial charge in [0.15, 0.2) is 11.3 Å². The van der Waals surface area contributed by atoms with E-state index in [4.69, 9.17) is 0 Å². The molecule has 30 heavy (non-hydrogen) atoms. The first-order valence-electron chi connectivity index (χ1n) is 9.11. The predicted octanol–water partition coefficient (Wildman–Crippen LogP) is 3.53. The lowest BCUT2D eigenvalue weighted by Gasteiger charge is -2.09. The minimum atomic E-state index is -3.41. The fraction of sp³-hybridized carbons (Fsp3) is 0.0952. The molecular formula is C21H17FN4O3S. The van der Waals surface area contributed by atoms with Crippen molar-refractivity contribution in [1.29, 1.82) is 0 Å². The Bertz CT molecular complexity index is 1350. The number of aromatic nitrogens is 3. The van der Waals surface area contributed by atoms with Crippen molar-refractivity contribution in [2.24, 2.45) is 0 Å². The number of carbonyl (C=O) groups excluding carboxylic acids is 1. The third-order valence-corrected chi connectivity index (χ3v) is 5.87. The SMILES string of the molecule is CCS(=O)(=O)Nc1cccc(-c2ccnc3c(C(=O)c4ccc(F)cc4)ncn23)c1. The maximum atomic E-state index is 13.2. The molecule has 0 radical (unpaired) electrons. The molecule has 0 aliphatic heterocycles. The average Bonchev–Trinajstić information content (AvgIpc) is 3.18. The summed E-state index contributed by atoms with van der Waals surface area (Å²) in [5.74, 6) is -0.834. The van der Waals surface area contributed by atoms with Crippen LogP contribution in [0.5, 0.6) is 0 Å². The summed E-state index contributed by atoms with van der Waals surface area (Å²) in [5.41, 5.74) is 2.63. The molecule has 0 unspecified atom stereocenters. The van der Waals surface area contributed by atoms with Crippen molar-refractivity contribution < 1.29 is 17.6 Å². The minimum Gasteiger partial charge on any atom is -0.287 e. The summed E-state index contributed by atoms with van der Waals surface area (Å²) in [6.07, 6.45) is 3.04. The summed E-state index contributed by atoms with van der Waals surface area (Å²) in [7, 11) is -3.41. The van der Waals surface area contributed by atoms with E-state index in [-0.39, 0.29) is 17.2 Å². The van der Waals surface area contributed by atoms with E-state index in [1.807, 2.05) is 6.07 Å². The number of nitrogens with zero attached hydrogens (tertiary/aromatic N) is 3. The molecule has 1 N–H and O–H groups in total. The third-order valence-electron chi connectivity index (χ3n) is 4.56. The van der Waals surface area contributed by atoms with Crippen LogP contribution in [0.4, 0.5) is 10.1 Å². The van der Waals surface area contributed by atoms with Crippen molar-refractivity contribution in [1.82, 2.24) is 14.4 Å². The summed E-state index contributed by atoms with van der Waals surface area (Å²) in [5, 5.41) is 0. The fourth-order valence-electron chi connectivity index (χ4n) is 3.03. The van der Waals surface area contributed by atoms with Crippen molar-refractivity contribution in [3.8, 4) is 11.3 Å². The van der Waals surface area contributed by atoms with E-state index in [2.05, 4.69) is 14.7 Å². The molecule has 2 aromatic heterocycles. The monoisotopic (exact) mass is 424 g/mol. The lowest BCUT2D eigenvalue weighted by molar-refractivity contribution is 0.103. The molecule has 0 spiro atoms. The van der Waals surface area contributed by atoms with Gasteiger partial charge in [-0.2, -0.15) is 0 Å². The highest BCUT2D eigenvalue weighted by Crippen LogP contribution is 2.25. The Balaban J connectivity index is 1.76. The number of anilines is 1. The second kappa shape index (κ2) is 7.68. The summed E-state index contributed by atoms with van der Waals surface area (Å²) in [6, 6.07) is 13.9. The average molecular weight is 424 g/mol. The first kappa shape index (κ1) is 19.7. The highest BCUT2D eigenvalue weighted by Gasteiger charge is 2.18. The Morgan fingerprint density at radius 3 is 2.60 bits per heavy atom. The Morgan fingerprint density at radius 1 is 1.10 bits per heavy atom. The zero-order valence-corrected chi connectivity index (χ0v) is 16.7. The molecule has 2 heterocycles. The Labute approximate surface area is 172 Å². The van der Waals surface area contributed by atoms with E-state index in [1.54, 1.807) is 41.8 Å². The van der Waals surface area contributed by atoms with Crippen LogP contribution in [0.2, 0.25) is 0 Å². The number of imidazole rings is 1. The number of sulfonamides is 1. The molecule has 7 nitrogen and oxygen atoms in total. The van der Waals surface area contributed by atoms with Gasteiger partial charge in [-0.05, 0) is 49.4 Å². The summed E-state index contributed by atoms with van der Waals surface area (Å²) < 4.78 is 41.1. The molecule has 0 aliphatic rings. The number of ketones is 1. The molecule has 0 saturated heterocycles. The van der Waals surface area contributed by atoms with E-state index < -0.39 is 15.8 Å². The zero-order valence-electron chi connectivity index (χ0n) is 15.9. The van der Waals surface area contributed by atoms with E-state index in [1.165, 1.54) is 30.6 Å². The second-order valence-corrected chi connectivity index (χ2v) is 8.55. The number of nitrogens with one attached hydrogen (secondary N) is 1. The number of halogens is 1. The van der Waals surface area contributed by atoms with Crippen LogP contribution in [-0.4, -0.2) is 34.3 Å². The number of benzene rings is 2. The van der Waals surface area contributed by atoms with Gasteiger partial charge in [-0.1, -0.05) is 12.1 Å². The van der Waals surface area contributed by atoms with Crippen molar-refractivity contribution in [3.63, 3.8) is 0 Å². The molecule has 0 amide bonds. The summed E-state index contributed by atoms with van der Waals surface area (Å²) in [6.45, 7) is 1.56. The van der Waals surface area contributed by atoms with Gasteiger partial charge in [-0.25, -0.2) is 22.8 Å². The highest BCUT2D eigenvalue weighted by molar-refractivity contribution is 7.92. The lowest BCUT2D eigenvalue weighted by Crippen LogP contribution is -2.14. The van der Waals surface area contributed by atoms with Gasteiger partial charge in [-0.3, -0.25) is 13.9 Å². The molecule has 0 bridgehead atoms. The van der Waals surface area contributed by atoms with Gasteiger partial charge in [0.25, 0.3) is 0 Å². The van der Waals surface area contributed by atoms with Crippen LogP contribution < -0.4 is 4.72 Å². The smallest absolute Gasteiger partial charge is 0.232 e. The standard InChI is InChI=1S/C21H17FN4O3S/c1-2-30(28,29)25-17-5-3-4-15(12-17)18-10-11-23-21-19(24-13-26(18)21)20(27)14-6-8-16(22)9-7-14/h3-13,25H,2H2,1H3. The van der Waals surface area contributed by atoms with Gasteiger partial charge in [0.05, 0.1) is 11.4 Å². The van der Waals surface area contributed by atoms with Gasteiger partial charge < -0.3 is 0 Å². The molecule has 0 saturated carbocycles. The molecule has 0 atom stereocenters. The van der Waals surface area contributed by atoms with Crippen LogP contribution in [0.3, 0.4) is 0 Å². The predicted molar refractivity (Wildman–Crippen MR) is 111 cm³/mol. The molecule has 152 valence electrons. The maximum Gasteiger partial charge on any atom is 0.232 e. The zero-order chi connectivity index (χ0) is 21.3.